The summed E-state index contributed by atoms with van der Waals surface area (Å²) in [7, 11) is 0. The highest BCUT2D eigenvalue weighted by Gasteiger charge is 2.13. The van der Waals surface area contributed by atoms with Gasteiger partial charge in [0.05, 0.1) is 0 Å². The monoisotopic (exact) mass is 321 g/mol. The fraction of sp³-hybridized carbons (Fsp3) is 0.529. The van der Waals surface area contributed by atoms with Crippen LogP contribution in [-0.4, -0.2) is 12.6 Å². The van der Waals surface area contributed by atoms with E-state index in [9.17, 15) is 0 Å². The van der Waals surface area contributed by atoms with Crippen LogP contribution in [0.1, 0.15) is 44.6 Å². The van der Waals surface area contributed by atoms with Gasteiger partial charge in [0.1, 0.15) is 0 Å². The highest BCUT2D eigenvalue weighted by molar-refractivity contribution is 9.10. The Morgan fingerprint density at radius 3 is 2.74 bits per heavy atom. The lowest BCUT2D eigenvalue weighted by Gasteiger charge is -2.22. The molecule has 0 amide bonds. The first-order valence-corrected chi connectivity index (χ1v) is 8.23. The molecule has 1 aliphatic carbocycles. The Labute approximate surface area is 125 Å². The van der Waals surface area contributed by atoms with Crippen LogP contribution in [0.15, 0.2) is 40.4 Å². The molecule has 1 aromatic rings. The minimum Gasteiger partial charge on any atom is -0.314 e. The van der Waals surface area contributed by atoms with Crippen LogP contribution in [0.3, 0.4) is 0 Å². The van der Waals surface area contributed by atoms with Crippen LogP contribution in [0, 0.1) is 0 Å². The molecule has 0 fully saturated rings. The molecule has 0 radical (unpaired) electrons. The van der Waals surface area contributed by atoms with Crippen LogP contribution < -0.4 is 5.32 Å². The van der Waals surface area contributed by atoms with Gasteiger partial charge in [-0.05, 0) is 56.7 Å². The second kappa shape index (κ2) is 7.86. The van der Waals surface area contributed by atoms with Gasteiger partial charge < -0.3 is 5.32 Å². The Bertz CT molecular complexity index is 425. The molecule has 19 heavy (non-hydrogen) atoms. The third-order valence-corrected chi connectivity index (χ3v) is 4.58. The largest absolute Gasteiger partial charge is 0.314 e. The minimum absolute atomic E-state index is 0.563. The van der Waals surface area contributed by atoms with E-state index in [1.54, 1.807) is 5.57 Å². The zero-order valence-corrected chi connectivity index (χ0v) is 13.4. The Balaban J connectivity index is 1.99. The number of rotatable bonds is 6. The summed E-state index contributed by atoms with van der Waals surface area (Å²) >= 11 is 3.66. The molecule has 1 aliphatic rings. The molecule has 1 atom stereocenters. The number of nitrogens with one attached hydrogen (secondary N) is 1. The second-order valence-corrected chi connectivity index (χ2v) is 6.22. The van der Waals surface area contributed by atoms with Crippen molar-refractivity contribution in [2.45, 2.75) is 51.5 Å². The summed E-state index contributed by atoms with van der Waals surface area (Å²) in [5.74, 6) is 0. The molecule has 0 aromatic heterocycles. The van der Waals surface area contributed by atoms with E-state index >= 15 is 0 Å². The maximum Gasteiger partial charge on any atom is 0.0207 e. The van der Waals surface area contributed by atoms with E-state index in [1.807, 2.05) is 0 Å². The zero-order valence-electron chi connectivity index (χ0n) is 11.8. The van der Waals surface area contributed by atoms with Crippen molar-refractivity contribution >= 4 is 15.9 Å². The summed E-state index contributed by atoms with van der Waals surface area (Å²) in [5, 5.41) is 3.64. The molecule has 1 N–H and O–H groups in total. The van der Waals surface area contributed by atoms with E-state index in [0.717, 1.165) is 13.0 Å². The number of hydrogen-bond acceptors (Lipinski definition) is 1. The molecule has 1 aromatic carbocycles. The fourth-order valence-electron chi connectivity index (χ4n) is 2.84. The SMILES string of the molecule is CCNC(CC1=CCCCC1)Cc1ccccc1Br. The average Bonchev–Trinajstić information content (AvgIpc) is 2.43. The summed E-state index contributed by atoms with van der Waals surface area (Å²) in [5.41, 5.74) is 3.06. The summed E-state index contributed by atoms with van der Waals surface area (Å²) in [6.45, 7) is 3.24. The molecular weight excluding hydrogens is 298 g/mol. The second-order valence-electron chi connectivity index (χ2n) is 5.36. The van der Waals surface area contributed by atoms with Gasteiger partial charge in [0, 0.05) is 10.5 Å². The van der Waals surface area contributed by atoms with Crippen LogP contribution in [0.5, 0.6) is 0 Å². The molecule has 0 aliphatic heterocycles. The summed E-state index contributed by atoms with van der Waals surface area (Å²) < 4.78 is 1.23. The van der Waals surface area contributed by atoms with Gasteiger partial charge in [0.25, 0.3) is 0 Å². The normalized spacial score (nSPS) is 17.1. The number of hydrogen-bond donors (Lipinski definition) is 1. The van der Waals surface area contributed by atoms with Crippen molar-refractivity contribution in [1.29, 1.82) is 0 Å². The van der Waals surface area contributed by atoms with Gasteiger partial charge in [-0.3, -0.25) is 0 Å². The highest BCUT2D eigenvalue weighted by atomic mass is 79.9. The average molecular weight is 322 g/mol. The third-order valence-electron chi connectivity index (χ3n) is 3.81. The minimum atomic E-state index is 0.563. The first kappa shape index (κ1) is 14.8. The molecule has 0 spiro atoms. The van der Waals surface area contributed by atoms with Crippen molar-refractivity contribution in [1.82, 2.24) is 5.32 Å². The van der Waals surface area contributed by atoms with Gasteiger partial charge in [-0.15, -0.1) is 0 Å². The Hall–Kier alpha value is -0.600. The number of likely N-dealkylation sites (N-methyl/N-ethyl adjacent to an activating group) is 1. The third kappa shape index (κ3) is 4.77. The molecule has 0 bridgehead atoms. The maximum absolute atomic E-state index is 3.66. The number of benzene rings is 1. The quantitative estimate of drug-likeness (QED) is 0.738. The van der Waals surface area contributed by atoms with Crippen molar-refractivity contribution in [2.24, 2.45) is 0 Å². The van der Waals surface area contributed by atoms with E-state index in [1.165, 1.54) is 42.1 Å². The lowest BCUT2D eigenvalue weighted by molar-refractivity contribution is 0.503. The predicted molar refractivity (Wildman–Crippen MR) is 86.5 cm³/mol. The molecular formula is C17H24BrN. The van der Waals surface area contributed by atoms with Crippen LogP contribution in [0.25, 0.3) is 0 Å². The van der Waals surface area contributed by atoms with Crippen molar-refractivity contribution in [3.63, 3.8) is 0 Å². The van der Waals surface area contributed by atoms with Crippen molar-refractivity contribution < 1.29 is 0 Å². The van der Waals surface area contributed by atoms with Gasteiger partial charge in [-0.2, -0.15) is 0 Å². The van der Waals surface area contributed by atoms with Gasteiger partial charge in [-0.1, -0.05) is 52.7 Å². The topological polar surface area (TPSA) is 12.0 Å². The first-order chi connectivity index (χ1) is 9.29. The standard InChI is InChI=1S/C17H24BrN/c1-2-19-16(12-14-8-4-3-5-9-14)13-15-10-6-7-11-17(15)18/h6-8,10-11,16,19H,2-5,9,12-13H2,1H3. The van der Waals surface area contributed by atoms with E-state index in [4.69, 9.17) is 0 Å². The maximum atomic E-state index is 3.66. The molecule has 0 heterocycles. The Kier molecular flexibility index (Phi) is 6.12. The van der Waals surface area contributed by atoms with Gasteiger partial charge in [0.15, 0.2) is 0 Å². The van der Waals surface area contributed by atoms with E-state index < -0.39 is 0 Å². The van der Waals surface area contributed by atoms with Gasteiger partial charge in [-0.25, -0.2) is 0 Å². The van der Waals surface area contributed by atoms with Crippen molar-refractivity contribution in [3.8, 4) is 0 Å². The molecule has 2 heteroatoms. The smallest absolute Gasteiger partial charge is 0.0207 e. The van der Waals surface area contributed by atoms with Crippen LogP contribution in [0.2, 0.25) is 0 Å². The summed E-state index contributed by atoms with van der Waals surface area (Å²) in [6, 6.07) is 9.14. The van der Waals surface area contributed by atoms with E-state index in [2.05, 4.69) is 58.5 Å². The van der Waals surface area contributed by atoms with Crippen molar-refractivity contribution in [3.05, 3.63) is 46.0 Å². The lowest BCUT2D eigenvalue weighted by Crippen LogP contribution is -2.31. The molecule has 2 rings (SSSR count). The van der Waals surface area contributed by atoms with E-state index in [-0.39, 0.29) is 0 Å². The molecule has 0 saturated heterocycles. The van der Waals surface area contributed by atoms with E-state index in [0.29, 0.717) is 6.04 Å². The first-order valence-electron chi connectivity index (χ1n) is 7.44. The van der Waals surface area contributed by atoms with Crippen LogP contribution in [0.4, 0.5) is 0 Å². The lowest BCUT2D eigenvalue weighted by atomic mass is 9.92. The predicted octanol–water partition coefficient (Wildman–Crippen LogP) is 4.86. The van der Waals surface area contributed by atoms with Crippen molar-refractivity contribution in [2.75, 3.05) is 6.54 Å². The van der Waals surface area contributed by atoms with Gasteiger partial charge >= 0.3 is 0 Å². The van der Waals surface area contributed by atoms with Crippen LogP contribution in [-0.2, 0) is 6.42 Å². The number of allylic oxidation sites excluding steroid dienone is 1. The fourth-order valence-corrected chi connectivity index (χ4v) is 3.29. The number of halogens is 1. The summed E-state index contributed by atoms with van der Waals surface area (Å²) in [6.07, 6.45) is 10.1. The summed E-state index contributed by atoms with van der Waals surface area (Å²) in [4.78, 5) is 0. The molecule has 104 valence electrons. The van der Waals surface area contributed by atoms with Gasteiger partial charge in [0.2, 0.25) is 0 Å². The zero-order chi connectivity index (χ0) is 13.5. The molecule has 1 unspecified atom stereocenters. The highest BCUT2D eigenvalue weighted by Crippen LogP contribution is 2.24. The van der Waals surface area contributed by atoms with Crippen LogP contribution >= 0.6 is 15.9 Å². The molecule has 0 saturated carbocycles. The molecule has 1 nitrogen and oxygen atoms in total. The Morgan fingerprint density at radius 2 is 2.05 bits per heavy atom. The Morgan fingerprint density at radius 1 is 1.21 bits per heavy atom.